The van der Waals surface area contributed by atoms with E-state index in [1.54, 1.807) is 23.9 Å². The summed E-state index contributed by atoms with van der Waals surface area (Å²) in [5.74, 6) is 2.16. The van der Waals surface area contributed by atoms with Crippen molar-refractivity contribution in [1.82, 2.24) is 18.4 Å². The predicted octanol–water partition coefficient (Wildman–Crippen LogP) is 3.40. The largest absolute Gasteiger partial charge is 0.211 e. The minimum atomic E-state index is 1.08. The second-order valence-corrected chi connectivity index (χ2v) is 6.64. The minimum absolute atomic E-state index is 1.08. The topological polar surface area (TPSA) is 35.6 Å². The maximum Gasteiger partial charge on any atom is 0.0607 e. The fourth-order valence-electron chi connectivity index (χ4n) is 1.84. The smallest absolute Gasteiger partial charge is 0.0607 e. The Balaban J connectivity index is 1.70. The molecule has 2 aromatic heterocycles. The molecular formula is C13H20N4S2. The van der Waals surface area contributed by atoms with E-state index in [1.807, 2.05) is 22.0 Å². The monoisotopic (exact) mass is 296 g/mol. The van der Waals surface area contributed by atoms with Gasteiger partial charge in [-0.2, -0.15) is 10.2 Å². The zero-order valence-corrected chi connectivity index (χ0v) is 13.5. The van der Waals surface area contributed by atoms with Gasteiger partial charge in [-0.25, -0.2) is 8.17 Å². The molecule has 0 spiro atoms. The van der Waals surface area contributed by atoms with Crippen LogP contribution in [-0.2, 0) is 0 Å². The van der Waals surface area contributed by atoms with Crippen LogP contribution in [0.4, 0.5) is 0 Å². The summed E-state index contributed by atoms with van der Waals surface area (Å²) in [7, 11) is 0. The van der Waals surface area contributed by atoms with E-state index in [2.05, 4.69) is 36.2 Å². The lowest BCUT2D eigenvalue weighted by Gasteiger charge is -2.04. The van der Waals surface area contributed by atoms with Crippen molar-refractivity contribution in [1.29, 1.82) is 0 Å². The molecule has 0 aromatic carbocycles. The number of aryl methyl sites for hydroxylation is 4. The first kappa shape index (κ1) is 14.5. The Kier molecular flexibility index (Phi) is 4.99. The highest BCUT2D eigenvalue weighted by Crippen LogP contribution is 2.16. The molecule has 0 saturated heterocycles. The lowest BCUT2D eigenvalue weighted by molar-refractivity contribution is 0.930. The highest BCUT2D eigenvalue weighted by molar-refractivity contribution is 7.98. The number of hydrogen-bond acceptors (Lipinski definition) is 4. The summed E-state index contributed by atoms with van der Waals surface area (Å²) in [5, 5.41) is 8.88. The summed E-state index contributed by atoms with van der Waals surface area (Å²) in [6.07, 6.45) is 1.14. The lowest BCUT2D eigenvalue weighted by Crippen LogP contribution is -1.98. The van der Waals surface area contributed by atoms with E-state index in [0.717, 1.165) is 29.3 Å². The van der Waals surface area contributed by atoms with Crippen LogP contribution in [0, 0.1) is 27.7 Å². The highest BCUT2D eigenvalue weighted by Gasteiger charge is 2.03. The Hall–Kier alpha value is -0.880. The molecule has 0 bridgehead atoms. The van der Waals surface area contributed by atoms with Crippen molar-refractivity contribution in [2.24, 2.45) is 0 Å². The molecular weight excluding hydrogens is 276 g/mol. The average Bonchev–Trinajstić information content (AvgIpc) is 2.81. The van der Waals surface area contributed by atoms with Gasteiger partial charge in [0.05, 0.1) is 11.4 Å². The van der Waals surface area contributed by atoms with E-state index in [1.165, 1.54) is 11.4 Å². The summed E-state index contributed by atoms with van der Waals surface area (Å²) >= 11 is 3.55. The first-order valence-corrected chi connectivity index (χ1v) is 8.28. The van der Waals surface area contributed by atoms with Crippen molar-refractivity contribution in [2.45, 2.75) is 34.1 Å². The molecule has 2 rings (SSSR count). The molecule has 2 aromatic rings. The zero-order chi connectivity index (χ0) is 13.8. The van der Waals surface area contributed by atoms with Crippen molar-refractivity contribution in [2.75, 3.05) is 11.5 Å². The van der Waals surface area contributed by atoms with Gasteiger partial charge in [-0.05, 0) is 70.1 Å². The summed E-state index contributed by atoms with van der Waals surface area (Å²) in [6, 6.07) is 4.22. The van der Waals surface area contributed by atoms with Crippen LogP contribution in [0.25, 0.3) is 0 Å². The number of nitrogens with zero attached hydrogens (tertiary/aromatic N) is 4. The van der Waals surface area contributed by atoms with E-state index >= 15 is 0 Å². The van der Waals surface area contributed by atoms with Crippen molar-refractivity contribution < 1.29 is 0 Å². The Labute approximate surface area is 123 Å². The van der Waals surface area contributed by atoms with E-state index in [0.29, 0.717) is 0 Å². The van der Waals surface area contributed by atoms with E-state index < -0.39 is 0 Å². The summed E-state index contributed by atoms with van der Waals surface area (Å²) < 4.78 is 4.03. The third kappa shape index (κ3) is 4.04. The first-order valence-electron chi connectivity index (χ1n) is 6.39. The SMILES string of the molecule is Cc1cc(C)n(SCCCSn2nc(C)cc2C)n1. The van der Waals surface area contributed by atoms with Crippen LogP contribution < -0.4 is 0 Å². The quantitative estimate of drug-likeness (QED) is 0.765. The molecule has 0 amide bonds. The van der Waals surface area contributed by atoms with Gasteiger partial charge in [0.25, 0.3) is 0 Å². The van der Waals surface area contributed by atoms with Gasteiger partial charge in [0.2, 0.25) is 0 Å². The second kappa shape index (κ2) is 6.52. The molecule has 4 nitrogen and oxygen atoms in total. The molecule has 0 aliphatic carbocycles. The third-order valence-electron chi connectivity index (χ3n) is 2.65. The van der Waals surface area contributed by atoms with Gasteiger partial charge in [-0.1, -0.05) is 0 Å². The van der Waals surface area contributed by atoms with E-state index in [9.17, 15) is 0 Å². The van der Waals surface area contributed by atoms with Gasteiger partial charge >= 0.3 is 0 Å². The highest BCUT2D eigenvalue weighted by atomic mass is 32.2. The summed E-state index contributed by atoms with van der Waals surface area (Å²) in [4.78, 5) is 0. The molecule has 2 heterocycles. The molecule has 0 aliphatic heterocycles. The molecule has 0 N–H and O–H groups in total. The minimum Gasteiger partial charge on any atom is -0.211 e. The van der Waals surface area contributed by atoms with Gasteiger partial charge in [0.1, 0.15) is 0 Å². The van der Waals surface area contributed by atoms with Crippen LogP contribution in [-0.4, -0.2) is 29.9 Å². The molecule has 6 heteroatoms. The van der Waals surface area contributed by atoms with Crippen LogP contribution in [0.5, 0.6) is 0 Å². The third-order valence-corrected chi connectivity index (χ3v) is 4.82. The van der Waals surface area contributed by atoms with Gasteiger partial charge in [0, 0.05) is 22.9 Å². The van der Waals surface area contributed by atoms with Crippen LogP contribution in [0.1, 0.15) is 29.2 Å². The number of rotatable bonds is 6. The van der Waals surface area contributed by atoms with Gasteiger partial charge in [0.15, 0.2) is 0 Å². The Morgan fingerprint density at radius 1 is 0.842 bits per heavy atom. The Bertz CT molecular complexity index is 497. The number of aromatic nitrogens is 4. The van der Waals surface area contributed by atoms with Crippen LogP contribution in [0.3, 0.4) is 0 Å². The Morgan fingerprint density at radius 3 is 1.58 bits per heavy atom. The molecule has 0 saturated carbocycles. The molecule has 0 unspecified atom stereocenters. The molecule has 104 valence electrons. The van der Waals surface area contributed by atoms with Crippen molar-refractivity contribution in [3.8, 4) is 0 Å². The van der Waals surface area contributed by atoms with Crippen molar-refractivity contribution in [3.63, 3.8) is 0 Å². The zero-order valence-electron chi connectivity index (χ0n) is 11.9. The van der Waals surface area contributed by atoms with Crippen LogP contribution in [0.15, 0.2) is 12.1 Å². The van der Waals surface area contributed by atoms with Crippen molar-refractivity contribution in [3.05, 3.63) is 34.9 Å². The summed E-state index contributed by atoms with van der Waals surface area (Å²) in [6.45, 7) is 8.25. The molecule has 0 fully saturated rings. The molecule has 0 atom stereocenters. The fourth-order valence-corrected chi connectivity index (χ4v) is 3.80. The maximum absolute atomic E-state index is 4.44. The lowest BCUT2D eigenvalue weighted by atomic mass is 10.4. The molecule has 19 heavy (non-hydrogen) atoms. The van der Waals surface area contributed by atoms with Crippen LogP contribution in [0.2, 0.25) is 0 Å². The Morgan fingerprint density at radius 2 is 1.26 bits per heavy atom. The van der Waals surface area contributed by atoms with Gasteiger partial charge in [-0.3, -0.25) is 0 Å². The fraction of sp³-hybridized carbons (Fsp3) is 0.538. The van der Waals surface area contributed by atoms with Crippen molar-refractivity contribution >= 4 is 23.9 Å². The molecule has 0 aliphatic rings. The molecule has 0 radical (unpaired) electrons. The normalized spacial score (nSPS) is 11.2. The van der Waals surface area contributed by atoms with E-state index in [-0.39, 0.29) is 0 Å². The van der Waals surface area contributed by atoms with Crippen LogP contribution >= 0.6 is 23.9 Å². The second-order valence-electron chi connectivity index (χ2n) is 4.62. The predicted molar refractivity (Wildman–Crippen MR) is 83.7 cm³/mol. The van der Waals surface area contributed by atoms with E-state index in [4.69, 9.17) is 0 Å². The standard InChI is InChI=1S/C13H20N4S2/c1-10-8-12(3)16(14-10)18-6-5-7-19-17-13(4)9-11(2)15-17/h8-9H,5-7H2,1-4H3. The maximum atomic E-state index is 4.44. The number of hydrogen-bond donors (Lipinski definition) is 0. The first-order chi connectivity index (χ1) is 9.06. The summed E-state index contributed by atoms with van der Waals surface area (Å²) in [5.41, 5.74) is 4.60. The van der Waals surface area contributed by atoms with Gasteiger partial charge in [-0.15, -0.1) is 0 Å². The average molecular weight is 296 g/mol. The van der Waals surface area contributed by atoms with Gasteiger partial charge < -0.3 is 0 Å².